The fraction of sp³-hybridized carbons (Fsp3) is 0.154. The Labute approximate surface area is 103 Å². The monoisotopic (exact) mass is 246 g/mol. The van der Waals surface area contributed by atoms with Crippen molar-refractivity contribution < 1.29 is 24.2 Å². The Morgan fingerprint density at radius 2 is 1.83 bits per heavy atom. The summed E-state index contributed by atoms with van der Waals surface area (Å²) >= 11 is 0. The van der Waals surface area contributed by atoms with Crippen LogP contribution in [0.1, 0.15) is 33.2 Å². The van der Waals surface area contributed by atoms with Gasteiger partial charge in [-0.3, -0.25) is 14.4 Å². The standard InChI is InChI=1S/C13H10O5/c1-6-5-8-9(15)3-4-10(16)11(8)12(17)13(6)18-7(2)14/h3-5,17H,1-2H3. The van der Waals surface area contributed by atoms with Crippen LogP contribution in [0.3, 0.4) is 0 Å². The summed E-state index contributed by atoms with van der Waals surface area (Å²) < 4.78 is 4.85. The van der Waals surface area contributed by atoms with Gasteiger partial charge in [0.2, 0.25) is 0 Å². The van der Waals surface area contributed by atoms with Gasteiger partial charge in [0, 0.05) is 12.5 Å². The molecule has 0 bridgehead atoms. The van der Waals surface area contributed by atoms with Gasteiger partial charge < -0.3 is 9.84 Å². The van der Waals surface area contributed by atoms with Crippen LogP contribution in [0.4, 0.5) is 0 Å². The van der Waals surface area contributed by atoms with E-state index in [1.54, 1.807) is 6.92 Å². The molecule has 1 aliphatic rings. The zero-order valence-electron chi connectivity index (χ0n) is 9.81. The summed E-state index contributed by atoms with van der Waals surface area (Å²) in [5, 5.41) is 9.97. The molecule has 1 aromatic rings. The van der Waals surface area contributed by atoms with Crippen LogP contribution in [-0.4, -0.2) is 22.6 Å². The number of hydrogen-bond donors (Lipinski definition) is 1. The Kier molecular flexibility index (Phi) is 2.74. The molecule has 5 heteroatoms. The average molecular weight is 246 g/mol. The number of phenolic OH excluding ortho intramolecular Hbond substituents is 1. The lowest BCUT2D eigenvalue weighted by Gasteiger charge is -2.15. The van der Waals surface area contributed by atoms with Gasteiger partial charge in [0.15, 0.2) is 23.1 Å². The molecular formula is C13H10O5. The number of benzene rings is 1. The van der Waals surface area contributed by atoms with Crippen LogP contribution < -0.4 is 4.74 Å². The van der Waals surface area contributed by atoms with Crippen LogP contribution in [0, 0.1) is 6.92 Å². The first kappa shape index (κ1) is 12.0. The third-order valence-corrected chi connectivity index (χ3v) is 2.58. The molecule has 2 rings (SSSR count). The van der Waals surface area contributed by atoms with Crippen LogP contribution in [0.5, 0.6) is 11.5 Å². The molecule has 0 fully saturated rings. The highest BCUT2D eigenvalue weighted by atomic mass is 16.5. The number of aromatic hydroxyl groups is 1. The maximum Gasteiger partial charge on any atom is 0.308 e. The summed E-state index contributed by atoms with van der Waals surface area (Å²) in [6.07, 6.45) is 2.23. The average Bonchev–Trinajstić information content (AvgIpc) is 2.28. The highest BCUT2D eigenvalue weighted by Crippen LogP contribution is 2.38. The number of rotatable bonds is 1. The fourth-order valence-corrected chi connectivity index (χ4v) is 1.82. The summed E-state index contributed by atoms with van der Waals surface area (Å²) in [5.74, 6) is -2.02. The SMILES string of the molecule is CC(=O)Oc1c(C)cc2c(c1O)C(=O)C=CC2=O. The van der Waals surface area contributed by atoms with Crippen molar-refractivity contribution in [1.29, 1.82) is 0 Å². The Morgan fingerprint density at radius 3 is 2.44 bits per heavy atom. The molecule has 92 valence electrons. The van der Waals surface area contributed by atoms with Crippen molar-refractivity contribution in [2.75, 3.05) is 0 Å². The van der Waals surface area contributed by atoms with Gasteiger partial charge in [-0.05, 0) is 30.7 Å². The van der Waals surface area contributed by atoms with E-state index in [-0.39, 0.29) is 22.7 Å². The quantitative estimate of drug-likeness (QED) is 0.600. The molecule has 1 aromatic carbocycles. The van der Waals surface area contributed by atoms with Crippen molar-refractivity contribution >= 4 is 17.5 Å². The van der Waals surface area contributed by atoms with Crippen LogP contribution in [0.25, 0.3) is 0 Å². The Hall–Kier alpha value is -2.43. The number of phenols is 1. The number of hydrogen-bond acceptors (Lipinski definition) is 5. The third-order valence-electron chi connectivity index (χ3n) is 2.58. The van der Waals surface area contributed by atoms with Gasteiger partial charge in [-0.25, -0.2) is 0 Å². The predicted molar refractivity (Wildman–Crippen MR) is 62.0 cm³/mol. The fourth-order valence-electron chi connectivity index (χ4n) is 1.82. The highest BCUT2D eigenvalue weighted by Gasteiger charge is 2.27. The second-order valence-corrected chi connectivity index (χ2v) is 3.95. The molecule has 0 saturated carbocycles. The zero-order valence-corrected chi connectivity index (χ0v) is 9.81. The first-order valence-corrected chi connectivity index (χ1v) is 5.23. The maximum atomic E-state index is 11.7. The van der Waals surface area contributed by atoms with E-state index in [4.69, 9.17) is 4.74 Å². The largest absolute Gasteiger partial charge is 0.504 e. The lowest BCUT2D eigenvalue weighted by molar-refractivity contribution is -0.132. The van der Waals surface area contributed by atoms with Crippen molar-refractivity contribution in [2.24, 2.45) is 0 Å². The zero-order chi connectivity index (χ0) is 13.4. The minimum atomic E-state index is -0.613. The molecule has 0 aliphatic heterocycles. The summed E-state index contributed by atoms with van der Waals surface area (Å²) in [6.45, 7) is 2.76. The Bertz CT molecular complexity index is 610. The molecule has 0 spiro atoms. The third kappa shape index (κ3) is 1.79. The van der Waals surface area contributed by atoms with E-state index < -0.39 is 17.5 Å². The van der Waals surface area contributed by atoms with E-state index in [1.165, 1.54) is 13.0 Å². The lowest BCUT2D eigenvalue weighted by atomic mass is 9.91. The second-order valence-electron chi connectivity index (χ2n) is 3.95. The Balaban J connectivity index is 2.70. The first-order valence-electron chi connectivity index (χ1n) is 5.23. The molecule has 0 saturated heterocycles. The van der Waals surface area contributed by atoms with Gasteiger partial charge in [-0.15, -0.1) is 0 Å². The molecule has 0 amide bonds. The van der Waals surface area contributed by atoms with Crippen LogP contribution in [0.2, 0.25) is 0 Å². The van der Waals surface area contributed by atoms with Gasteiger partial charge in [0.25, 0.3) is 0 Å². The van der Waals surface area contributed by atoms with Gasteiger partial charge in [0.1, 0.15) is 0 Å². The van der Waals surface area contributed by atoms with Crippen molar-refractivity contribution in [2.45, 2.75) is 13.8 Å². The molecule has 0 unspecified atom stereocenters. The van der Waals surface area contributed by atoms with Gasteiger partial charge >= 0.3 is 5.97 Å². The van der Waals surface area contributed by atoms with Crippen molar-refractivity contribution in [3.05, 3.63) is 34.9 Å². The summed E-state index contributed by atoms with van der Waals surface area (Å²) in [6, 6.07) is 1.43. The normalized spacial score (nSPS) is 13.4. The number of allylic oxidation sites excluding steroid dienone is 2. The minimum absolute atomic E-state index is 0.0855. The highest BCUT2D eigenvalue weighted by molar-refractivity contribution is 6.23. The Morgan fingerprint density at radius 1 is 1.22 bits per heavy atom. The smallest absolute Gasteiger partial charge is 0.308 e. The molecule has 18 heavy (non-hydrogen) atoms. The van der Waals surface area contributed by atoms with Gasteiger partial charge in [-0.2, -0.15) is 0 Å². The number of ketones is 2. The number of aryl methyl sites for hydroxylation is 1. The first-order chi connectivity index (χ1) is 8.41. The van der Waals surface area contributed by atoms with Gasteiger partial charge in [-0.1, -0.05) is 0 Å². The molecule has 0 heterocycles. The topological polar surface area (TPSA) is 80.7 Å². The number of esters is 1. The number of carbonyl (C=O) groups excluding carboxylic acids is 3. The van der Waals surface area contributed by atoms with E-state index in [0.29, 0.717) is 5.56 Å². The van der Waals surface area contributed by atoms with Crippen LogP contribution in [0.15, 0.2) is 18.2 Å². The summed E-state index contributed by atoms with van der Waals surface area (Å²) in [7, 11) is 0. The second kappa shape index (κ2) is 4.10. The minimum Gasteiger partial charge on any atom is -0.504 e. The molecule has 0 radical (unpaired) electrons. The molecule has 0 atom stereocenters. The van der Waals surface area contributed by atoms with E-state index in [0.717, 1.165) is 12.2 Å². The van der Waals surface area contributed by atoms with Crippen molar-refractivity contribution in [3.8, 4) is 11.5 Å². The van der Waals surface area contributed by atoms with E-state index >= 15 is 0 Å². The van der Waals surface area contributed by atoms with E-state index in [9.17, 15) is 19.5 Å². The van der Waals surface area contributed by atoms with E-state index in [2.05, 4.69) is 0 Å². The molecule has 1 N–H and O–H groups in total. The molecule has 1 aliphatic carbocycles. The molecule has 0 aromatic heterocycles. The van der Waals surface area contributed by atoms with Crippen molar-refractivity contribution in [1.82, 2.24) is 0 Å². The molecular weight excluding hydrogens is 236 g/mol. The molecule has 5 nitrogen and oxygen atoms in total. The van der Waals surface area contributed by atoms with Crippen molar-refractivity contribution in [3.63, 3.8) is 0 Å². The number of carbonyl (C=O) groups is 3. The summed E-state index contributed by atoms with van der Waals surface area (Å²) in [4.78, 5) is 34.2. The van der Waals surface area contributed by atoms with Crippen LogP contribution >= 0.6 is 0 Å². The summed E-state index contributed by atoms with van der Waals surface area (Å²) in [5.41, 5.74) is 0.413. The van der Waals surface area contributed by atoms with Crippen LogP contribution in [-0.2, 0) is 4.79 Å². The number of ether oxygens (including phenoxy) is 1. The van der Waals surface area contributed by atoms with E-state index in [1.807, 2.05) is 0 Å². The lowest BCUT2D eigenvalue weighted by Crippen LogP contribution is -2.14. The van der Waals surface area contributed by atoms with Gasteiger partial charge in [0.05, 0.1) is 5.56 Å². The predicted octanol–water partition coefficient (Wildman–Crippen LogP) is 1.56. The maximum absolute atomic E-state index is 11.7. The number of fused-ring (bicyclic) bond motifs is 1.